The summed E-state index contributed by atoms with van der Waals surface area (Å²) in [6.07, 6.45) is 45.0. The third-order valence-electron chi connectivity index (χ3n) is 10.1. The Morgan fingerprint density at radius 2 is 0.792 bits per heavy atom. The third-order valence-corrected chi connectivity index (χ3v) is 10.1. The maximum Gasteiger partial charge on any atom is 0.249 e. The first-order valence-electron chi connectivity index (χ1n) is 21.5. The highest BCUT2D eigenvalue weighted by molar-refractivity contribution is 5.80. The molecule has 0 radical (unpaired) electrons. The molecule has 0 aromatic carbocycles. The van der Waals surface area contributed by atoms with E-state index in [1.54, 1.807) is 0 Å². The van der Waals surface area contributed by atoms with Crippen LogP contribution in [0.1, 0.15) is 232 Å². The van der Waals surface area contributed by atoms with Gasteiger partial charge in [-0.3, -0.25) is 4.79 Å². The van der Waals surface area contributed by atoms with Crippen LogP contribution in [0.3, 0.4) is 0 Å². The average Bonchev–Trinajstić information content (AvgIpc) is 3.09. The van der Waals surface area contributed by atoms with E-state index in [9.17, 15) is 20.1 Å². The molecule has 0 aliphatic carbocycles. The highest BCUT2D eigenvalue weighted by Gasteiger charge is 2.23. The quantitative estimate of drug-likeness (QED) is 0.0384. The van der Waals surface area contributed by atoms with E-state index in [0.29, 0.717) is 12.8 Å². The molecule has 1 amide bonds. The lowest BCUT2D eigenvalue weighted by molar-refractivity contribution is -0.131. The summed E-state index contributed by atoms with van der Waals surface area (Å²) in [7, 11) is 0. The number of allylic oxidation sites excluding steroid dienone is 2. The molecule has 3 atom stereocenters. The summed E-state index contributed by atoms with van der Waals surface area (Å²) in [6, 6.07) is -0.716. The summed E-state index contributed by atoms with van der Waals surface area (Å²) in [6.45, 7) is 4.22. The van der Waals surface area contributed by atoms with Crippen LogP contribution in [0.2, 0.25) is 0 Å². The van der Waals surface area contributed by atoms with Crippen LogP contribution in [-0.2, 0) is 4.79 Å². The Morgan fingerprint density at radius 1 is 0.479 bits per heavy atom. The predicted octanol–water partition coefficient (Wildman–Crippen LogP) is 12.0. The second kappa shape index (κ2) is 38.9. The Morgan fingerprint density at radius 3 is 1.17 bits per heavy atom. The second-order valence-corrected chi connectivity index (χ2v) is 14.9. The smallest absolute Gasteiger partial charge is 0.249 e. The Kier molecular flexibility index (Phi) is 38.1. The summed E-state index contributed by atoms with van der Waals surface area (Å²) in [5, 5.41) is 33.2. The van der Waals surface area contributed by atoms with Gasteiger partial charge in [-0.1, -0.05) is 206 Å². The van der Waals surface area contributed by atoms with E-state index in [1.165, 1.54) is 167 Å². The van der Waals surface area contributed by atoms with E-state index < -0.39 is 24.2 Å². The number of aliphatic hydroxyl groups is 3. The van der Waals surface area contributed by atoms with Gasteiger partial charge >= 0.3 is 0 Å². The number of rotatable bonds is 39. The summed E-state index contributed by atoms with van der Waals surface area (Å²) < 4.78 is 0. The first kappa shape index (κ1) is 47.1. The van der Waals surface area contributed by atoms with Gasteiger partial charge in [0.25, 0.3) is 0 Å². The van der Waals surface area contributed by atoms with Gasteiger partial charge in [-0.05, 0) is 38.5 Å². The molecule has 4 N–H and O–H groups in total. The highest BCUT2D eigenvalue weighted by Crippen LogP contribution is 2.16. The molecule has 0 heterocycles. The fourth-order valence-corrected chi connectivity index (χ4v) is 6.72. The van der Waals surface area contributed by atoms with Gasteiger partial charge in [0.15, 0.2) is 0 Å². The van der Waals surface area contributed by atoms with E-state index >= 15 is 0 Å². The first-order chi connectivity index (χ1) is 23.6. The van der Waals surface area contributed by atoms with Gasteiger partial charge in [0.05, 0.1) is 18.8 Å². The lowest BCUT2D eigenvalue weighted by atomic mass is 10.0. The SMILES string of the molecule is CCCCCCCC/C=C\CCCCC(O)C(=O)NC(CO)C(O)CCCCCCCCCCCCCCCCCCCCCCCC. The summed E-state index contributed by atoms with van der Waals surface area (Å²) in [5.41, 5.74) is 0. The van der Waals surface area contributed by atoms with Gasteiger partial charge in [-0.15, -0.1) is 0 Å². The normalized spacial score (nSPS) is 13.7. The van der Waals surface area contributed by atoms with Gasteiger partial charge in [0.1, 0.15) is 6.10 Å². The van der Waals surface area contributed by atoms with Gasteiger partial charge in [-0.2, -0.15) is 0 Å². The van der Waals surface area contributed by atoms with Crippen molar-refractivity contribution in [2.45, 2.75) is 250 Å². The minimum absolute atomic E-state index is 0.317. The van der Waals surface area contributed by atoms with Crippen LogP contribution in [0.15, 0.2) is 12.2 Å². The number of carbonyl (C=O) groups excluding carboxylic acids is 1. The maximum absolute atomic E-state index is 12.4. The third kappa shape index (κ3) is 33.6. The van der Waals surface area contributed by atoms with E-state index in [2.05, 4.69) is 31.3 Å². The molecule has 3 unspecified atom stereocenters. The molecule has 48 heavy (non-hydrogen) atoms. The largest absolute Gasteiger partial charge is 0.394 e. The molecule has 0 rings (SSSR count). The Bertz CT molecular complexity index is 669. The summed E-state index contributed by atoms with van der Waals surface area (Å²) >= 11 is 0. The fourth-order valence-electron chi connectivity index (χ4n) is 6.72. The molecule has 5 heteroatoms. The molecular weight excluding hydrogens is 594 g/mol. The van der Waals surface area contributed by atoms with Crippen molar-refractivity contribution in [1.82, 2.24) is 5.32 Å². The van der Waals surface area contributed by atoms with Crippen molar-refractivity contribution in [2.75, 3.05) is 6.61 Å². The number of amides is 1. The average molecular weight is 680 g/mol. The van der Waals surface area contributed by atoms with Gasteiger partial charge in [-0.25, -0.2) is 0 Å². The van der Waals surface area contributed by atoms with Gasteiger partial charge in [0, 0.05) is 0 Å². The molecule has 0 aromatic rings. The zero-order valence-electron chi connectivity index (χ0n) is 32.4. The highest BCUT2D eigenvalue weighted by atomic mass is 16.3. The zero-order chi connectivity index (χ0) is 35.2. The van der Waals surface area contributed by atoms with Crippen molar-refractivity contribution in [3.63, 3.8) is 0 Å². The molecule has 0 saturated heterocycles. The molecular formula is C43H85NO4. The molecule has 0 aliphatic heterocycles. The van der Waals surface area contributed by atoms with Crippen LogP contribution < -0.4 is 5.32 Å². The van der Waals surface area contributed by atoms with Crippen molar-refractivity contribution >= 4 is 5.91 Å². The molecule has 0 spiro atoms. The lowest BCUT2D eigenvalue weighted by Gasteiger charge is -2.23. The lowest BCUT2D eigenvalue weighted by Crippen LogP contribution is -2.49. The Balaban J connectivity index is 3.59. The van der Waals surface area contributed by atoms with E-state index in [4.69, 9.17) is 0 Å². The monoisotopic (exact) mass is 680 g/mol. The number of hydrogen-bond acceptors (Lipinski definition) is 4. The van der Waals surface area contributed by atoms with Crippen molar-refractivity contribution in [3.8, 4) is 0 Å². The molecule has 0 aromatic heterocycles. The van der Waals surface area contributed by atoms with Crippen molar-refractivity contribution in [3.05, 3.63) is 12.2 Å². The van der Waals surface area contributed by atoms with Crippen LogP contribution in [-0.4, -0.2) is 46.1 Å². The Hall–Kier alpha value is -0.910. The van der Waals surface area contributed by atoms with E-state index in [0.717, 1.165) is 38.5 Å². The number of carbonyl (C=O) groups is 1. The van der Waals surface area contributed by atoms with Crippen molar-refractivity contribution < 1.29 is 20.1 Å². The number of nitrogens with one attached hydrogen (secondary N) is 1. The van der Waals surface area contributed by atoms with E-state index in [1.807, 2.05) is 0 Å². The van der Waals surface area contributed by atoms with Gasteiger partial charge in [0.2, 0.25) is 5.91 Å². The standard InChI is InChI=1S/C43H85NO4/c1-3-5-7-9-11-13-15-17-18-19-20-21-22-23-24-25-26-28-29-31-33-35-37-41(46)40(39-45)44-43(48)42(47)38-36-34-32-30-27-16-14-12-10-8-6-4-2/h27,30,40-42,45-47H,3-26,28-29,31-39H2,1-2H3,(H,44,48)/b30-27-. The van der Waals surface area contributed by atoms with Crippen LogP contribution >= 0.6 is 0 Å². The minimum atomic E-state index is -1.09. The maximum atomic E-state index is 12.4. The number of unbranched alkanes of at least 4 members (excludes halogenated alkanes) is 29. The minimum Gasteiger partial charge on any atom is -0.394 e. The van der Waals surface area contributed by atoms with Crippen LogP contribution in [0.5, 0.6) is 0 Å². The van der Waals surface area contributed by atoms with Crippen LogP contribution in [0.4, 0.5) is 0 Å². The molecule has 5 nitrogen and oxygen atoms in total. The van der Waals surface area contributed by atoms with Crippen molar-refractivity contribution in [2.24, 2.45) is 0 Å². The van der Waals surface area contributed by atoms with Crippen molar-refractivity contribution in [1.29, 1.82) is 0 Å². The molecule has 0 saturated carbocycles. The summed E-state index contributed by atoms with van der Waals surface area (Å²) in [5.74, 6) is -0.485. The molecule has 0 bridgehead atoms. The topological polar surface area (TPSA) is 89.8 Å². The summed E-state index contributed by atoms with van der Waals surface area (Å²) in [4.78, 5) is 12.4. The Labute approximate surface area is 299 Å². The van der Waals surface area contributed by atoms with Crippen LogP contribution in [0, 0.1) is 0 Å². The predicted molar refractivity (Wildman–Crippen MR) is 208 cm³/mol. The number of aliphatic hydroxyl groups excluding tert-OH is 3. The van der Waals surface area contributed by atoms with E-state index in [-0.39, 0.29) is 6.61 Å². The molecule has 0 aliphatic rings. The fraction of sp³-hybridized carbons (Fsp3) is 0.930. The molecule has 286 valence electrons. The zero-order valence-corrected chi connectivity index (χ0v) is 32.4. The number of hydrogen-bond donors (Lipinski definition) is 4. The molecule has 0 fully saturated rings. The van der Waals surface area contributed by atoms with Gasteiger partial charge < -0.3 is 20.6 Å². The first-order valence-corrected chi connectivity index (χ1v) is 21.5. The second-order valence-electron chi connectivity index (χ2n) is 14.9. The van der Waals surface area contributed by atoms with Crippen LogP contribution in [0.25, 0.3) is 0 Å².